The van der Waals surface area contributed by atoms with Crippen molar-refractivity contribution >= 4 is 0 Å². The van der Waals surface area contributed by atoms with Crippen LogP contribution in [-0.2, 0) is 4.74 Å². The number of nitriles is 1. The zero-order valence-electron chi connectivity index (χ0n) is 9.21. The third-order valence-corrected chi connectivity index (χ3v) is 3.28. The van der Waals surface area contributed by atoms with E-state index in [9.17, 15) is 5.11 Å². The highest BCUT2D eigenvalue weighted by atomic mass is 16.5. The number of hydrogen-bond acceptors (Lipinski definition) is 3. The van der Waals surface area contributed by atoms with Crippen LogP contribution in [0.5, 0.6) is 0 Å². The predicted molar refractivity (Wildman–Crippen MR) is 53.6 cm³/mol. The molecule has 0 aromatic heterocycles. The van der Waals surface area contributed by atoms with Gasteiger partial charge in [0.25, 0.3) is 0 Å². The van der Waals surface area contributed by atoms with Crippen LogP contribution in [0.15, 0.2) is 0 Å². The van der Waals surface area contributed by atoms with Crippen molar-refractivity contribution < 1.29 is 9.84 Å². The molecule has 2 atom stereocenters. The highest BCUT2D eigenvalue weighted by Crippen LogP contribution is 2.35. The molecule has 1 aliphatic rings. The molecule has 0 radical (unpaired) electrons. The monoisotopic (exact) mass is 197 g/mol. The van der Waals surface area contributed by atoms with Crippen LogP contribution in [0.3, 0.4) is 0 Å². The molecule has 0 amide bonds. The molecule has 3 heteroatoms. The Morgan fingerprint density at radius 3 is 2.57 bits per heavy atom. The van der Waals surface area contributed by atoms with Gasteiger partial charge in [-0.1, -0.05) is 0 Å². The first-order chi connectivity index (χ1) is 6.39. The van der Waals surface area contributed by atoms with E-state index in [0.29, 0.717) is 6.42 Å². The van der Waals surface area contributed by atoms with Gasteiger partial charge in [0.2, 0.25) is 0 Å². The SMILES string of the molecule is CC(C)(C#N)C(C)(O)CC1CCCO1. The van der Waals surface area contributed by atoms with Gasteiger partial charge in [-0.3, -0.25) is 0 Å². The second-order valence-electron chi connectivity index (χ2n) is 4.85. The van der Waals surface area contributed by atoms with Gasteiger partial charge in [-0.15, -0.1) is 0 Å². The van der Waals surface area contributed by atoms with Crippen molar-refractivity contribution in [1.29, 1.82) is 5.26 Å². The van der Waals surface area contributed by atoms with Gasteiger partial charge in [0.1, 0.15) is 0 Å². The summed E-state index contributed by atoms with van der Waals surface area (Å²) in [5.41, 5.74) is -1.70. The molecular weight excluding hydrogens is 178 g/mol. The molecule has 0 aliphatic carbocycles. The van der Waals surface area contributed by atoms with Crippen LogP contribution >= 0.6 is 0 Å². The van der Waals surface area contributed by atoms with Gasteiger partial charge in [0, 0.05) is 13.0 Å². The summed E-state index contributed by atoms with van der Waals surface area (Å²) in [5.74, 6) is 0. The molecule has 1 rings (SSSR count). The van der Waals surface area contributed by atoms with E-state index >= 15 is 0 Å². The van der Waals surface area contributed by atoms with Gasteiger partial charge in [0.15, 0.2) is 0 Å². The van der Waals surface area contributed by atoms with E-state index in [0.717, 1.165) is 19.4 Å². The maximum atomic E-state index is 10.2. The Morgan fingerprint density at radius 2 is 2.14 bits per heavy atom. The standard InChI is InChI=1S/C11H19NO2/c1-10(2,8-12)11(3,13)7-9-5-4-6-14-9/h9,13H,4-7H2,1-3H3. The molecule has 0 saturated carbocycles. The lowest BCUT2D eigenvalue weighted by Gasteiger charge is -2.36. The third kappa shape index (κ3) is 2.26. The minimum atomic E-state index is -0.975. The van der Waals surface area contributed by atoms with Crippen LogP contribution in [0.1, 0.15) is 40.0 Å². The minimum Gasteiger partial charge on any atom is -0.388 e. The van der Waals surface area contributed by atoms with Crippen LogP contribution in [-0.4, -0.2) is 23.4 Å². The first-order valence-corrected chi connectivity index (χ1v) is 5.14. The van der Waals surface area contributed by atoms with E-state index in [1.54, 1.807) is 20.8 Å². The topological polar surface area (TPSA) is 53.2 Å². The molecular formula is C11H19NO2. The Labute approximate surface area is 85.7 Å². The lowest BCUT2D eigenvalue weighted by Crippen LogP contribution is -2.43. The van der Waals surface area contributed by atoms with E-state index in [1.807, 2.05) is 0 Å². The molecule has 3 nitrogen and oxygen atoms in total. The molecule has 1 saturated heterocycles. The van der Waals surface area contributed by atoms with Crippen molar-refractivity contribution in [2.75, 3.05) is 6.61 Å². The van der Waals surface area contributed by atoms with Crippen molar-refractivity contribution in [3.8, 4) is 6.07 Å². The van der Waals surface area contributed by atoms with Crippen LogP contribution < -0.4 is 0 Å². The van der Waals surface area contributed by atoms with Gasteiger partial charge in [0.05, 0.1) is 23.2 Å². The van der Waals surface area contributed by atoms with Gasteiger partial charge in [-0.2, -0.15) is 5.26 Å². The fraction of sp³-hybridized carbons (Fsp3) is 0.909. The van der Waals surface area contributed by atoms with Crippen LogP contribution in [0.25, 0.3) is 0 Å². The largest absolute Gasteiger partial charge is 0.388 e. The van der Waals surface area contributed by atoms with E-state index in [-0.39, 0.29) is 6.10 Å². The average Bonchev–Trinajstić information content (AvgIpc) is 2.55. The number of nitrogens with zero attached hydrogens (tertiary/aromatic N) is 1. The minimum absolute atomic E-state index is 0.123. The molecule has 0 spiro atoms. The fourth-order valence-electron chi connectivity index (χ4n) is 1.62. The second kappa shape index (κ2) is 3.88. The maximum absolute atomic E-state index is 10.2. The van der Waals surface area contributed by atoms with Crippen molar-refractivity contribution in [3.05, 3.63) is 0 Å². The quantitative estimate of drug-likeness (QED) is 0.751. The molecule has 2 unspecified atom stereocenters. The average molecular weight is 197 g/mol. The molecule has 1 fully saturated rings. The summed E-state index contributed by atoms with van der Waals surface area (Å²) in [6.07, 6.45) is 2.73. The number of rotatable bonds is 3. The van der Waals surface area contributed by atoms with E-state index in [4.69, 9.17) is 10.00 Å². The predicted octanol–water partition coefficient (Wildman–Crippen LogP) is 1.86. The molecule has 1 aliphatic heterocycles. The third-order valence-electron chi connectivity index (χ3n) is 3.28. The van der Waals surface area contributed by atoms with Crippen molar-refractivity contribution in [2.24, 2.45) is 5.41 Å². The zero-order chi connectivity index (χ0) is 10.8. The normalized spacial score (nSPS) is 26.9. The molecule has 0 aromatic carbocycles. The van der Waals surface area contributed by atoms with Gasteiger partial charge in [-0.05, 0) is 33.6 Å². The Balaban J connectivity index is 2.61. The highest BCUT2D eigenvalue weighted by Gasteiger charge is 2.42. The van der Waals surface area contributed by atoms with Crippen molar-refractivity contribution in [1.82, 2.24) is 0 Å². The van der Waals surface area contributed by atoms with Crippen molar-refractivity contribution in [3.63, 3.8) is 0 Å². The number of aliphatic hydroxyl groups is 1. The van der Waals surface area contributed by atoms with Crippen LogP contribution in [0, 0.1) is 16.7 Å². The van der Waals surface area contributed by atoms with Crippen LogP contribution in [0.4, 0.5) is 0 Å². The summed E-state index contributed by atoms with van der Waals surface area (Å²) in [7, 11) is 0. The molecule has 0 aromatic rings. The lowest BCUT2D eigenvalue weighted by atomic mass is 9.74. The smallest absolute Gasteiger partial charge is 0.0824 e. The zero-order valence-corrected chi connectivity index (χ0v) is 9.21. The molecule has 1 N–H and O–H groups in total. The fourth-order valence-corrected chi connectivity index (χ4v) is 1.62. The lowest BCUT2D eigenvalue weighted by molar-refractivity contribution is -0.0627. The summed E-state index contributed by atoms with van der Waals surface area (Å²) in [5, 5.41) is 19.2. The molecule has 80 valence electrons. The van der Waals surface area contributed by atoms with E-state index in [1.165, 1.54) is 0 Å². The Bertz CT molecular complexity index is 234. The van der Waals surface area contributed by atoms with Crippen LogP contribution in [0.2, 0.25) is 0 Å². The van der Waals surface area contributed by atoms with Crippen molar-refractivity contribution in [2.45, 2.75) is 51.7 Å². The molecule has 14 heavy (non-hydrogen) atoms. The second-order valence-corrected chi connectivity index (χ2v) is 4.85. The summed E-state index contributed by atoms with van der Waals surface area (Å²) >= 11 is 0. The number of ether oxygens (including phenoxy) is 1. The Morgan fingerprint density at radius 1 is 1.50 bits per heavy atom. The summed E-state index contributed by atoms with van der Waals surface area (Å²) in [4.78, 5) is 0. The first kappa shape index (κ1) is 11.5. The maximum Gasteiger partial charge on any atom is 0.0824 e. The van der Waals surface area contributed by atoms with E-state index in [2.05, 4.69) is 6.07 Å². The summed E-state index contributed by atoms with van der Waals surface area (Å²) in [6, 6.07) is 2.15. The van der Waals surface area contributed by atoms with Gasteiger partial charge >= 0.3 is 0 Å². The summed E-state index contributed by atoms with van der Waals surface area (Å²) < 4.78 is 5.46. The Kier molecular flexibility index (Phi) is 3.18. The van der Waals surface area contributed by atoms with Gasteiger partial charge < -0.3 is 9.84 Å². The molecule has 0 bridgehead atoms. The summed E-state index contributed by atoms with van der Waals surface area (Å²) in [6.45, 7) is 6.04. The number of hydrogen-bond donors (Lipinski definition) is 1. The van der Waals surface area contributed by atoms with Gasteiger partial charge in [-0.25, -0.2) is 0 Å². The molecule has 1 heterocycles. The van der Waals surface area contributed by atoms with E-state index < -0.39 is 11.0 Å². The first-order valence-electron chi connectivity index (χ1n) is 5.14. The highest BCUT2D eigenvalue weighted by molar-refractivity contribution is 5.05. The Hall–Kier alpha value is -0.590.